The van der Waals surface area contributed by atoms with Crippen LogP contribution in [0.5, 0.6) is 0 Å². The van der Waals surface area contributed by atoms with Crippen LogP contribution in [0.1, 0.15) is 28.9 Å². The van der Waals surface area contributed by atoms with Gasteiger partial charge in [-0.05, 0) is 48.9 Å². The summed E-state index contributed by atoms with van der Waals surface area (Å²) in [5, 5.41) is 3.19. The zero-order valence-electron chi connectivity index (χ0n) is 17.1. The molecule has 4 aromatic rings. The van der Waals surface area contributed by atoms with Gasteiger partial charge in [0.2, 0.25) is 5.91 Å². The van der Waals surface area contributed by atoms with Crippen LogP contribution in [0.4, 0.5) is 4.39 Å². The highest BCUT2D eigenvalue weighted by Crippen LogP contribution is 2.22. The minimum atomic E-state index is -0.635. The van der Waals surface area contributed by atoms with Crippen LogP contribution in [0, 0.1) is 5.82 Å². The zero-order chi connectivity index (χ0) is 22.7. The maximum absolute atomic E-state index is 13.1. The molecule has 162 valence electrons. The lowest BCUT2D eigenvalue weighted by molar-refractivity contribution is -0.124. The molecule has 32 heavy (non-hydrogen) atoms. The van der Waals surface area contributed by atoms with Gasteiger partial charge in [-0.2, -0.15) is 4.99 Å². The number of carbonyl (C=O) groups is 2. The van der Waals surface area contributed by atoms with Crippen molar-refractivity contribution in [3.63, 3.8) is 0 Å². The molecule has 0 fully saturated rings. The number of nitrogens with one attached hydrogen (secondary N) is 1. The molecule has 1 aromatic heterocycles. The Labute approximate surface area is 192 Å². The molecule has 0 aliphatic carbocycles. The fourth-order valence-corrected chi connectivity index (χ4v) is 4.60. The van der Waals surface area contributed by atoms with Gasteiger partial charge in [-0.15, -0.1) is 0 Å². The molecule has 0 saturated heterocycles. The van der Waals surface area contributed by atoms with Crippen molar-refractivity contribution in [2.24, 2.45) is 4.99 Å². The predicted molar refractivity (Wildman–Crippen MR) is 124 cm³/mol. The van der Waals surface area contributed by atoms with Crippen LogP contribution in [0.15, 0.2) is 77.8 Å². The summed E-state index contributed by atoms with van der Waals surface area (Å²) in [6.45, 7) is 2.01. The zero-order valence-corrected chi connectivity index (χ0v) is 18.7. The summed E-state index contributed by atoms with van der Waals surface area (Å²) in [6, 6.07) is 19.6. The van der Waals surface area contributed by atoms with Crippen LogP contribution in [0.3, 0.4) is 0 Å². The summed E-state index contributed by atoms with van der Waals surface area (Å²) in [6.07, 6.45) is 0. The van der Waals surface area contributed by atoms with E-state index in [9.17, 15) is 14.0 Å². The first-order valence-corrected chi connectivity index (χ1v) is 11.1. The number of fused-ring (bicyclic) bond motifs is 1. The number of nitrogens with zero attached hydrogens (tertiary/aromatic N) is 2. The fraction of sp³-hybridized carbons (Fsp3) is 0.125. The van der Waals surface area contributed by atoms with Crippen LogP contribution >= 0.6 is 22.9 Å². The van der Waals surface area contributed by atoms with E-state index >= 15 is 0 Å². The second kappa shape index (κ2) is 9.46. The van der Waals surface area contributed by atoms with E-state index in [-0.39, 0.29) is 18.3 Å². The van der Waals surface area contributed by atoms with Crippen LogP contribution in [-0.2, 0) is 11.3 Å². The second-order valence-electron chi connectivity index (χ2n) is 7.14. The Bertz CT molecular complexity index is 1360. The van der Waals surface area contributed by atoms with E-state index in [1.807, 2.05) is 24.3 Å². The Kier molecular flexibility index (Phi) is 6.48. The first-order valence-electron chi connectivity index (χ1n) is 9.90. The molecule has 8 heteroatoms. The highest BCUT2D eigenvalue weighted by Gasteiger charge is 2.20. The summed E-state index contributed by atoms with van der Waals surface area (Å²) in [5.41, 5.74) is 1.88. The van der Waals surface area contributed by atoms with Gasteiger partial charge >= 0.3 is 0 Å². The molecule has 2 amide bonds. The number of aromatic nitrogens is 1. The van der Waals surface area contributed by atoms with Crippen molar-refractivity contribution >= 4 is 45.0 Å². The second-order valence-corrected chi connectivity index (χ2v) is 8.56. The highest BCUT2D eigenvalue weighted by atomic mass is 35.5. The lowest BCUT2D eigenvalue weighted by Gasteiger charge is -2.15. The molecule has 1 N–H and O–H groups in total. The van der Waals surface area contributed by atoms with Crippen LogP contribution in [0.2, 0.25) is 5.02 Å². The lowest BCUT2D eigenvalue weighted by atomic mass is 10.2. The lowest BCUT2D eigenvalue weighted by Crippen LogP contribution is -2.34. The van der Waals surface area contributed by atoms with Gasteiger partial charge in [0.15, 0.2) is 4.80 Å². The first-order chi connectivity index (χ1) is 15.4. The highest BCUT2D eigenvalue weighted by molar-refractivity contribution is 7.16. The third-order valence-electron chi connectivity index (χ3n) is 4.98. The van der Waals surface area contributed by atoms with Gasteiger partial charge in [-0.25, -0.2) is 4.39 Å². The average molecular weight is 468 g/mol. The third-order valence-corrected chi connectivity index (χ3v) is 6.35. The van der Waals surface area contributed by atoms with Crippen molar-refractivity contribution < 1.29 is 14.0 Å². The van der Waals surface area contributed by atoms with E-state index in [1.165, 1.54) is 23.5 Å². The van der Waals surface area contributed by atoms with Gasteiger partial charge in [0.25, 0.3) is 5.91 Å². The van der Waals surface area contributed by atoms with Crippen molar-refractivity contribution in [2.75, 3.05) is 0 Å². The maximum Gasteiger partial charge on any atom is 0.281 e. The van der Waals surface area contributed by atoms with Crippen LogP contribution < -0.4 is 10.1 Å². The standard InChI is InChI=1S/C24H19ClFN3O2S/c1-15(22(30)27-14-16-10-12-17(26)13-11-16)29-20-8-4-5-9-21(20)32-24(29)28-23(31)18-6-2-3-7-19(18)25/h2-13,15H,14H2,1H3,(H,27,30)/t15-/m0/s1. The third kappa shape index (κ3) is 4.64. The molecule has 5 nitrogen and oxygen atoms in total. The van der Waals surface area contributed by atoms with E-state index in [4.69, 9.17) is 11.6 Å². The SMILES string of the molecule is C[C@@H](C(=O)NCc1ccc(F)cc1)n1c(=NC(=O)c2ccccc2Cl)sc2ccccc21. The molecule has 3 aromatic carbocycles. The topological polar surface area (TPSA) is 63.5 Å². The number of amides is 2. The molecule has 0 spiro atoms. The summed E-state index contributed by atoms with van der Waals surface area (Å²) < 4.78 is 15.8. The van der Waals surface area contributed by atoms with Crippen molar-refractivity contribution in [3.8, 4) is 0 Å². The quantitative estimate of drug-likeness (QED) is 0.443. The van der Waals surface area contributed by atoms with E-state index in [0.717, 1.165) is 15.8 Å². The summed E-state index contributed by atoms with van der Waals surface area (Å²) in [7, 11) is 0. The average Bonchev–Trinajstić information content (AvgIpc) is 3.15. The Morgan fingerprint density at radius 2 is 1.75 bits per heavy atom. The molecule has 1 heterocycles. The minimum absolute atomic E-state index is 0.246. The Hall–Kier alpha value is -3.29. The van der Waals surface area contributed by atoms with Gasteiger partial charge in [-0.1, -0.05) is 59.3 Å². The predicted octanol–water partition coefficient (Wildman–Crippen LogP) is 5.11. The van der Waals surface area contributed by atoms with Gasteiger partial charge in [0.05, 0.1) is 20.8 Å². The largest absolute Gasteiger partial charge is 0.350 e. The van der Waals surface area contributed by atoms with Crippen molar-refractivity contribution in [1.82, 2.24) is 9.88 Å². The molecular formula is C24H19ClFN3O2S. The molecule has 0 aliphatic heterocycles. The number of hydrogen-bond acceptors (Lipinski definition) is 3. The fourth-order valence-electron chi connectivity index (χ4n) is 3.28. The summed E-state index contributed by atoms with van der Waals surface area (Å²) in [4.78, 5) is 30.4. The minimum Gasteiger partial charge on any atom is -0.350 e. The van der Waals surface area contributed by atoms with E-state index in [2.05, 4.69) is 10.3 Å². The monoisotopic (exact) mass is 467 g/mol. The van der Waals surface area contributed by atoms with Crippen LogP contribution in [-0.4, -0.2) is 16.4 Å². The normalized spacial score (nSPS) is 12.7. The van der Waals surface area contributed by atoms with Crippen molar-refractivity contribution in [1.29, 1.82) is 0 Å². The summed E-state index contributed by atoms with van der Waals surface area (Å²) >= 11 is 7.48. The van der Waals surface area contributed by atoms with Crippen molar-refractivity contribution in [2.45, 2.75) is 19.5 Å². The number of halogens is 2. The van der Waals surface area contributed by atoms with E-state index in [0.29, 0.717) is 15.4 Å². The number of thiazole rings is 1. The molecular weight excluding hydrogens is 449 g/mol. The van der Waals surface area contributed by atoms with Gasteiger partial charge in [0, 0.05) is 6.54 Å². The number of para-hydroxylation sites is 1. The molecule has 1 atom stereocenters. The Morgan fingerprint density at radius 1 is 1.06 bits per heavy atom. The summed E-state index contributed by atoms with van der Waals surface area (Å²) in [5.74, 6) is -1.05. The number of rotatable bonds is 5. The molecule has 0 bridgehead atoms. The van der Waals surface area contributed by atoms with Gasteiger partial charge < -0.3 is 9.88 Å². The first kappa shape index (κ1) is 21.9. The van der Waals surface area contributed by atoms with Crippen LogP contribution in [0.25, 0.3) is 10.2 Å². The van der Waals surface area contributed by atoms with E-state index < -0.39 is 11.9 Å². The molecule has 0 saturated carbocycles. The molecule has 0 aliphatic rings. The molecule has 4 rings (SSSR count). The van der Waals surface area contributed by atoms with Gasteiger partial charge in [0.1, 0.15) is 11.9 Å². The number of benzene rings is 3. The van der Waals surface area contributed by atoms with Crippen molar-refractivity contribution in [3.05, 3.63) is 99.6 Å². The Balaban J connectivity index is 1.68. The molecule has 0 unspecified atom stereocenters. The Morgan fingerprint density at radius 3 is 2.50 bits per heavy atom. The number of carbonyl (C=O) groups excluding carboxylic acids is 2. The number of hydrogen-bond donors (Lipinski definition) is 1. The van der Waals surface area contributed by atoms with E-state index in [1.54, 1.807) is 47.9 Å². The van der Waals surface area contributed by atoms with Gasteiger partial charge in [-0.3, -0.25) is 9.59 Å². The smallest absolute Gasteiger partial charge is 0.281 e. The maximum atomic E-state index is 13.1. The molecule has 0 radical (unpaired) electrons.